The van der Waals surface area contributed by atoms with Crippen molar-refractivity contribution in [1.29, 1.82) is 0 Å². The molecule has 0 amide bonds. The van der Waals surface area contributed by atoms with Crippen LogP contribution in [0.5, 0.6) is 0 Å². The van der Waals surface area contributed by atoms with Gasteiger partial charge in [-0.2, -0.15) is 0 Å². The first kappa shape index (κ1) is 20.3. The second kappa shape index (κ2) is 8.07. The number of benzene rings is 3. The number of carbonyl (C=O) groups excluding carboxylic acids is 1. The van der Waals surface area contributed by atoms with E-state index in [1.54, 1.807) is 25.2 Å². The average molecular weight is 414 g/mol. The molecule has 0 aromatic heterocycles. The molecule has 31 heavy (non-hydrogen) atoms. The van der Waals surface area contributed by atoms with Gasteiger partial charge in [-0.15, -0.1) is 0 Å². The van der Waals surface area contributed by atoms with Crippen LogP contribution in [0.1, 0.15) is 22.8 Å². The Morgan fingerprint density at radius 3 is 2.52 bits per heavy atom. The molecule has 2 N–H and O–H groups in total. The van der Waals surface area contributed by atoms with Crippen molar-refractivity contribution < 1.29 is 19.1 Å². The predicted octanol–water partition coefficient (Wildman–Crippen LogP) is 4.61. The van der Waals surface area contributed by atoms with E-state index in [2.05, 4.69) is 10.3 Å². The number of Topliss-reactive ketones (excluding diaryl/α,β-unsaturated/α-hetero) is 1. The lowest BCUT2D eigenvalue weighted by Crippen LogP contribution is -2.06. The first-order chi connectivity index (χ1) is 14.9. The van der Waals surface area contributed by atoms with E-state index in [1.807, 2.05) is 43.4 Å². The van der Waals surface area contributed by atoms with Crippen LogP contribution in [-0.2, 0) is 11.2 Å². The number of nitrogens with one attached hydrogen (secondary N) is 1. The van der Waals surface area contributed by atoms with Gasteiger partial charge < -0.3 is 14.8 Å². The molecule has 0 unspecified atom stereocenters. The van der Waals surface area contributed by atoms with Gasteiger partial charge in [0.1, 0.15) is 17.1 Å². The Labute approximate surface area is 179 Å². The molecule has 156 valence electrons. The van der Waals surface area contributed by atoms with E-state index in [0.717, 1.165) is 33.1 Å². The van der Waals surface area contributed by atoms with Crippen molar-refractivity contribution in [2.75, 3.05) is 19.4 Å². The predicted molar refractivity (Wildman–Crippen MR) is 121 cm³/mol. The highest BCUT2D eigenvalue weighted by Gasteiger charge is 2.22. The summed E-state index contributed by atoms with van der Waals surface area (Å²) < 4.78 is 6.19. The molecule has 6 nitrogen and oxygen atoms in total. The topological polar surface area (TPSA) is 91.9 Å². The van der Waals surface area contributed by atoms with Gasteiger partial charge in [-0.3, -0.25) is 9.79 Å². The zero-order valence-electron chi connectivity index (χ0n) is 17.5. The SMILES string of the molecule is CN=c1ccc2c(-c3cc(CC(C)=O)ccc3C(=O)O)c3ccc(NC)cc3oc-2c1. The highest BCUT2D eigenvalue weighted by atomic mass is 16.4. The third kappa shape index (κ3) is 3.80. The highest BCUT2D eigenvalue weighted by molar-refractivity contribution is 6.08. The van der Waals surface area contributed by atoms with Crippen LogP contribution in [0.25, 0.3) is 33.4 Å². The van der Waals surface area contributed by atoms with Gasteiger partial charge in [-0.1, -0.05) is 6.07 Å². The Morgan fingerprint density at radius 1 is 1.03 bits per heavy atom. The van der Waals surface area contributed by atoms with Crippen molar-refractivity contribution in [2.24, 2.45) is 4.99 Å². The Morgan fingerprint density at radius 2 is 1.84 bits per heavy atom. The molecule has 0 saturated heterocycles. The lowest BCUT2D eigenvalue weighted by atomic mass is 9.89. The third-order valence-corrected chi connectivity index (χ3v) is 5.29. The number of rotatable bonds is 5. The average Bonchev–Trinajstić information content (AvgIpc) is 2.75. The van der Waals surface area contributed by atoms with Crippen LogP contribution in [0.4, 0.5) is 5.69 Å². The van der Waals surface area contributed by atoms with Gasteiger partial charge in [-0.25, -0.2) is 4.79 Å². The fraction of sp³-hybridized carbons (Fsp3) is 0.160. The number of aromatic carboxylic acids is 1. The van der Waals surface area contributed by atoms with Crippen molar-refractivity contribution in [1.82, 2.24) is 0 Å². The van der Waals surface area contributed by atoms with Crippen molar-refractivity contribution in [3.8, 4) is 22.5 Å². The van der Waals surface area contributed by atoms with E-state index >= 15 is 0 Å². The first-order valence-corrected chi connectivity index (χ1v) is 9.88. The van der Waals surface area contributed by atoms with Gasteiger partial charge in [0.15, 0.2) is 0 Å². The van der Waals surface area contributed by atoms with E-state index in [4.69, 9.17) is 4.42 Å². The van der Waals surface area contributed by atoms with Gasteiger partial charge >= 0.3 is 5.97 Å². The lowest BCUT2D eigenvalue weighted by molar-refractivity contribution is -0.116. The molecule has 1 aliphatic heterocycles. The maximum absolute atomic E-state index is 12.1. The Balaban J connectivity index is 2.15. The van der Waals surface area contributed by atoms with Crippen molar-refractivity contribution in [2.45, 2.75) is 13.3 Å². The summed E-state index contributed by atoms with van der Waals surface area (Å²) in [6.45, 7) is 1.52. The summed E-state index contributed by atoms with van der Waals surface area (Å²) in [5.74, 6) is -0.412. The summed E-state index contributed by atoms with van der Waals surface area (Å²) in [5, 5.41) is 14.5. The summed E-state index contributed by atoms with van der Waals surface area (Å²) in [6.07, 6.45) is 0.239. The molecule has 2 aromatic rings. The summed E-state index contributed by atoms with van der Waals surface area (Å²) in [7, 11) is 3.53. The molecular weight excluding hydrogens is 392 g/mol. The number of fused-ring (bicyclic) bond motifs is 2. The number of nitrogens with zero attached hydrogens (tertiary/aromatic N) is 1. The number of hydrogen-bond acceptors (Lipinski definition) is 5. The molecule has 1 heterocycles. The van der Waals surface area contributed by atoms with Crippen LogP contribution in [0.2, 0.25) is 0 Å². The van der Waals surface area contributed by atoms with Crippen molar-refractivity contribution in [3.63, 3.8) is 0 Å². The maximum atomic E-state index is 12.1. The standard InChI is InChI=1S/C25H22N2O4/c1-14(28)10-15-4-7-18(25(29)30)21(11-15)24-19-8-5-16(26-2)12-22(19)31-23-13-17(27-3)6-9-20(23)24/h4-9,11-13,26H,10H2,1-3H3,(H,29,30). The zero-order valence-corrected chi connectivity index (χ0v) is 17.5. The van der Waals surface area contributed by atoms with Gasteiger partial charge in [0.2, 0.25) is 0 Å². The molecule has 2 aliphatic rings. The molecule has 0 fully saturated rings. The molecular formula is C25H22N2O4. The molecule has 0 saturated carbocycles. The number of hydrogen-bond donors (Lipinski definition) is 2. The van der Waals surface area contributed by atoms with Gasteiger partial charge in [0.25, 0.3) is 0 Å². The summed E-state index contributed by atoms with van der Waals surface area (Å²) in [5.41, 5.74) is 4.52. The van der Waals surface area contributed by atoms with Crippen LogP contribution >= 0.6 is 0 Å². The first-order valence-electron chi connectivity index (χ1n) is 9.88. The quantitative estimate of drug-likeness (QED) is 0.466. The van der Waals surface area contributed by atoms with E-state index in [1.165, 1.54) is 6.92 Å². The summed E-state index contributed by atoms with van der Waals surface area (Å²) >= 11 is 0. The number of anilines is 1. The van der Waals surface area contributed by atoms with Crippen LogP contribution in [-0.4, -0.2) is 31.0 Å². The molecule has 6 heteroatoms. The molecule has 2 aromatic carbocycles. The van der Waals surface area contributed by atoms with Gasteiger partial charge in [0, 0.05) is 54.8 Å². The fourth-order valence-electron chi connectivity index (χ4n) is 3.85. The minimum absolute atomic E-state index is 0.0136. The van der Waals surface area contributed by atoms with Gasteiger partial charge in [0.05, 0.1) is 10.9 Å². The molecule has 0 radical (unpaired) electrons. The van der Waals surface area contributed by atoms with E-state index in [9.17, 15) is 14.7 Å². The lowest BCUT2D eigenvalue weighted by Gasteiger charge is -2.18. The molecule has 4 rings (SSSR count). The Hall–Kier alpha value is -3.93. The zero-order chi connectivity index (χ0) is 22.1. The maximum Gasteiger partial charge on any atom is 0.336 e. The van der Waals surface area contributed by atoms with Gasteiger partial charge in [-0.05, 0) is 54.4 Å². The number of carbonyl (C=O) groups is 2. The van der Waals surface area contributed by atoms with Crippen LogP contribution in [0, 0.1) is 0 Å². The highest BCUT2D eigenvalue weighted by Crippen LogP contribution is 2.42. The van der Waals surface area contributed by atoms with E-state index < -0.39 is 5.97 Å². The van der Waals surface area contributed by atoms with Crippen LogP contribution in [0.3, 0.4) is 0 Å². The summed E-state index contributed by atoms with van der Waals surface area (Å²) in [6, 6.07) is 16.4. The largest absolute Gasteiger partial charge is 0.478 e. The fourth-order valence-corrected chi connectivity index (χ4v) is 3.85. The Kier molecular flexibility index (Phi) is 5.29. The molecule has 0 bridgehead atoms. The summed E-state index contributed by atoms with van der Waals surface area (Å²) in [4.78, 5) is 28.0. The monoisotopic (exact) mass is 414 g/mol. The van der Waals surface area contributed by atoms with Crippen molar-refractivity contribution in [3.05, 3.63) is 71.1 Å². The normalized spacial score (nSPS) is 11.8. The Bertz CT molecular complexity index is 1370. The van der Waals surface area contributed by atoms with E-state index in [-0.39, 0.29) is 17.8 Å². The van der Waals surface area contributed by atoms with Crippen molar-refractivity contribution >= 4 is 28.4 Å². The number of carboxylic acids is 1. The minimum Gasteiger partial charge on any atom is -0.478 e. The second-order valence-electron chi connectivity index (χ2n) is 7.41. The third-order valence-electron chi connectivity index (χ3n) is 5.29. The molecule has 0 atom stereocenters. The number of ketones is 1. The van der Waals surface area contributed by atoms with E-state index in [0.29, 0.717) is 16.9 Å². The minimum atomic E-state index is -1.03. The van der Waals surface area contributed by atoms with Crippen LogP contribution < -0.4 is 10.7 Å². The smallest absolute Gasteiger partial charge is 0.336 e. The molecule has 1 aliphatic carbocycles. The second-order valence-corrected chi connectivity index (χ2v) is 7.41. The molecule has 0 spiro atoms. The number of carboxylic acid groups (broad SMARTS) is 1. The van der Waals surface area contributed by atoms with Crippen LogP contribution in [0.15, 0.2) is 64.0 Å².